The van der Waals surface area contributed by atoms with Gasteiger partial charge in [0.1, 0.15) is 11.5 Å². The fraction of sp³-hybridized carbons (Fsp3) is 0.333. The topological polar surface area (TPSA) is 18.5 Å². The summed E-state index contributed by atoms with van der Waals surface area (Å²) in [6, 6.07) is 5.14. The van der Waals surface area contributed by atoms with Crippen LogP contribution in [0.3, 0.4) is 0 Å². The number of hydrogen-bond acceptors (Lipinski definition) is 2. The summed E-state index contributed by atoms with van der Waals surface area (Å²) in [6.45, 7) is 1.92. The maximum Gasteiger partial charge on any atom is 0.267 e. The standard InChI is InChI=1S/C21H20Cl2F4O2/c1-4-5-6-13(14-7-11(22)9-16(20(24)25)18(14)28-2)15-8-12(23)10-17(21(26)27)19(15)29-3/h6-10,20-21H,4-5H2,1-3H3. The Morgan fingerprint density at radius 1 is 0.862 bits per heavy atom. The van der Waals surface area contributed by atoms with Gasteiger partial charge in [-0.1, -0.05) is 42.6 Å². The number of hydrogen-bond donors (Lipinski definition) is 0. The van der Waals surface area contributed by atoms with Gasteiger partial charge in [0, 0.05) is 21.2 Å². The van der Waals surface area contributed by atoms with Gasteiger partial charge in [-0.2, -0.15) is 0 Å². The van der Waals surface area contributed by atoms with Crippen molar-refractivity contribution in [3.05, 3.63) is 62.6 Å². The molecule has 0 saturated heterocycles. The van der Waals surface area contributed by atoms with E-state index in [1.807, 2.05) is 6.92 Å². The van der Waals surface area contributed by atoms with Gasteiger partial charge in [-0.3, -0.25) is 0 Å². The number of unbranched alkanes of at least 4 members (excludes halogenated alkanes) is 1. The number of alkyl halides is 4. The molecule has 0 aliphatic heterocycles. The van der Waals surface area contributed by atoms with Crippen molar-refractivity contribution in [1.82, 2.24) is 0 Å². The lowest BCUT2D eigenvalue weighted by Crippen LogP contribution is -2.03. The largest absolute Gasteiger partial charge is 0.496 e. The van der Waals surface area contributed by atoms with Crippen molar-refractivity contribution in [3.8, 4) is 11.5 Å². The Balaban J connectivity index is 2.90. The van der Waals surface area contributed by atoms with Crippen LogP contribution < -0.4 is 9.47 Å². The second-order valence-corrected chi connectivity index (χ2v) is 7.03. The minimum atomic E-state index is -2.84. The molecule has 0 N–H and O–H groups in total. The van der Waals surface area contributed by atoms with Crippen LogP contribution in [0.15, 0.2) is 30.3 Å². The molecule has 0 amide bonds. The lowest BCUT2D eigenvalue weighted by Gasteiger charge is -2.20. The van der Waals surface area contributed by atoms with Crippen LogP contribution in [0, 0.1) is 0 Å². The third-order valence-corrected chi connectivity index (χ3v) is 4.70. The van der Waals surface area contributed by atoms with Gasteiger partial charge in [0.15, 0.2) is 0 Å². The Bertz CT molecular complexity index is 831. The smallest absolute Gasteiger partial charge is 0.267 e. The summed E-state index contributed by atoms with van der Waals surface area (Å²) in [4.78, 5) is 0. The first kappa shape index (κ1) is 23.4. The molecule has 0 spiro atoms. The molecular weight excluding hydrogens is 431 g/mol. The number of ether oxygens (including phenoxy) is 2. The number of halogens is 6. The normalized spacial score (nSPS) is 11.1. The van der Waals surface area contributed by atoms with E-state index in [-0.39, 0.29) is 32.7 Å². The molecule has 0 saturated carbocycles. The molecule has 0 aliphatic carbocycles. The third kappa shape index (κ3) is 5.17. The van der Waals surface area contributed by atoms with Crippen molar-refractivity contribution in [2.45, 2.75) is 32.6 Å². The molecule has 0 atom stereocenters. The van der Waals surface area contributed by atoms with Crippen LogP contribution in [0.25, 0.3) is 5.57 Å². The summed E-state index contributed by atoms with van der Waals surface area (Å²) in [5, 5.41) is 0.127. The Labute approximate surface area is 177 Å². The second kappa shape index (κ2) is 10.2. The zero-order chi connectivity index (χ0) is 21.7. The molecule has 2 nitrogen and oxygen atoms in total. The van der Waals surface area contributed by atoms with Gasteiger partial charge in [-0.15, -0.1) is 0 Å². The summed E-state index contributed by atoms with van der Waals surface area (Å²) in [6.07, 6.45) is -2.65. The van der Waals surface area contributed by atoms with Gasteiger partial charge < -0.3 is 9.47 Å². The molecule has 0 unspecified atom stereocenters. The van der Waals surface area contributed by atoms with Gasteiger partial charge in [0.25, 0.3) is 12.9 Å². The predicted octanol–water partition coefficient (Wildman–Crippen LogP) is 8.12. The zero-order valence-corrected chi connectivity index (χ0v) is 17.6. The highest BCUT2D eigenvalue weighted by atomic mass is 35.5. The predicted molar refractivity (Wildman–Crippen MR) is 108 cm³/mol. The highest BCUT2D eigenvalue weighted by molar-refractivity contribution is 6.31. The molecule has 29 heavy (non-hydrogen) atoms. The first-order valence-corrected chi connectivity index (χ1v) is 9.52. The molecule has 0 aliphatic rings. The molecule has 2 rings (SSSR count). The first-order valence-electron chi connectivity index (χ1n) is 8.77. The van der Waals surface area contributed by atoms with Gasteiger partial charge >= 0.3 is 0 Å². The number of rotatable bonds is 8. The van der Waals surface area contributed by atoms with Crippen molar-refractivity contribution in [2.24, 2.45) is 0 Å². The number of benzene rings is 2. The molecule has 0 radical (unpaired) electrons. The fourth-order valence-corrected chi connectivity index (χ4v) is 3.52. The van der Waals surface area contributed by atoms with E-state index in [4.69, 9.17) is 32.7 Å². The minimum Gasteiger partial charge on any atom is -0.496 e. The quantitative estimate of drug-likeness (QED) is 0.378. The maximum atomic E-state index is 13.6. The number of methoxy groups -OCH3 is 2. The Morgan fingerprint density at radius 3 is 1.59 bits per heavy atom. The van der Waals surface area contributed by atoms with E-state index in [9.17, 15) is 17.6 Å². The van der Waals surface area contributed by atoms with Gasteiger partial charge in [-0.05, 0) is 36.3 Å². The van der Waals surface area contributed by atoms with Gasteiger partial charge in [0.05, 0.1) is 25.3 Å². The summed E-state index contributed by atoms with van der Waals surface area (Å²) in [5.74, 6) is -0.181. The van der Waals surface area contributed by atoms with Gasteiger partial charge in [0.2, 0.25) is 0 Å². The van der Waals surface area contributed by atoms with Crippen LogP contribution >= 0.6 is 23.2 Å². The van der Waals surface area contributed by atoms with Crippen LogP contribution in [0.4, 0.5) is 17.6 Å². The van der Waals surface area contributed by atoms with Crippen molar-refractivity contribution in [3.63, 3.8) is 0 Å². The lowest BCUT2D eigenvalue weighted by molar-refractivity contribution is 0.146. The molecule has 2 aromatic rings. The average Bonchev–Trinajstić information content (AvgIpc) is 2.67. The van der Waals surface area contributed by atoms with Crippen LogP contribution in [0.5, 0.6) is 11.5 Å². The van der Waals surface area contributed by atoms with Crippen LogP contribution in [0.2, 0.25) is 10.0 Å². The molecule has 158 valence electrons. The van der Waals surface area contributed by atoms with Crippen molar-refractivity contribution < 1.29 is 27.0 Å². The highest BCUT2D eigenvalue weighted by Gasteiger charge is 2.26. The highest BCUT2D eigenvalue weighted by Crippen LogP contribution is 2.45. The summed E-state index contributed by atoms with van der Waals surface area (Å²) < 4.78 is 64.8. The van der Waals surface area contributed by atoms with E-state index in [2.05, 4.69) is 0 Å². The summed E-state index contributed by atoms with van der Waals surface area (Å²) >= 11 is 12.2. The van der Waals surface area contributed by atoms with E-state index in [1.54, 1.807) is 6.08 Å². The molecule has 0 fully saturated rings. The maximum absolute atomic E-state index is 13.6. The molecule has 2 aromatic carbocycles. The monoisotopic (exact) mass is 450 g/mol. The van der Waals surface area contributed by atoms with E-state index in [1.165, 1.54) is 26.4 Å². The van der Waals surface area contributed by atoms with Crippen LogP contribution in [-0.2, 0) is 0 Å². The Morgan fingerprint density at radius 2 is 1.28 bits per heavy atom. The van der Waals surface area contributed by atoms with E-state index < -0.39 is 24.0 Å². The average molecular weight is 451 g/mol. The van der Waals surface area contributed by atoms with Crippen LogP contribution in [-0.4, -0.2) is 14.2 Å². The molecule has 0 bridgehead atoms. The summed E-state index contributed by atoms with van der Waals surface area (Å²) in [5.41, 5.74) is 0.0587. The third-order valence-electron chi connectivity index (χ3n) is 4.26. The fourth-order valence-electron chi connectivity index (χ4n) is 3.06. The van der Waals surface area contributed by atoms with Crippen LogP contribution in [0.1, 0.15) is 54.9 Å². The summed E-state index contributed by atoms with van der Waals surface area (Å²) in [7, 11) is 2.52. The number of allylic oxidation sites excluding steroid dienone is 1. The molecule has 0 heterocycles. The lowest BCUT2D eigenvalue weighted by atomic mass is 9.92. The van der Waals surface area contributed by atoms with E-state index in [0.717, 1.165) is 18.6 Å². The zero-order valence-electron chi connectivity index (χ0n) is 16.0. The van der Waals surface area contributed by atoms with Crippen molar-refractivity contribution in [1.29, 1.82) is 0 Å². The van der Waals surface area contributed by atoms with Gasteiger partial charge in [-0.25, -0.2) is 17.6 Å². The second-order valence-electron chi connectivity index (χ2n) is 6.16. The van der Waals surface area contributed by atoms with Crippen molar-refractivity contribution >= 4 is 28.8 Å². The van der Waals surface area contributed by atoms with E-state index >= 15 is 0 Å². The Hall–Kier alpha value is -1.92. The first-order chi connectivity index (χ1) is 13.7. The minimum absolute atomic E-state index is 0.0635. The molecule has 8 heteroatoms. The van der Waals surface area contributed by atoms with E-state index in [0.29, 0.717) is 12.0 Å². The molecular formula is C21H20Cl2F4O2. The van der Waals surface area contributed by atoms with Crippen molar-refractivity contribution in [2.75, 3.05) is 14.2 Å². The molecule has 0 aromatic heterocycles. The SMILES string of the molecule is CCCC=C(c1cc(Cl)cc(C(F)F)c1OC)c1cc(Cl)cc(C(F)F)c1OC. The Kier molecular flexibility index (Phi) is 8.23.